The van der Waals surface area contributed by atoms with Gasteiger partial charge in [-0.3, -0.25) is 24.3 Å². The second-order valence-electron chi connectivity index (χ2n) is 6.44. The van der Waals surface area contributed by atoms with Crippen molar-refractivity contribution in [2.24, 2.45) is 0 Å². The van der Waals surface area contributed by atoms with Crippen LogP contribution in [0.4, 0.5) is 0 Å². The van der Waals surface area contributed by atoms with Crippen LogP contribution in [0.25, 0.3) is 0 Å². The standard InChI is InChI=1S/C19H17N3O3/c1-12-4-6-13(7-5-12)17(23)21-10-8-14(11-21)22-18(24)15-3-2-9-20-16(15)19(22)25/h2-7,9,14H,8,10-11H2,1H3. The molecule has 6 nitrogen and oxygen atoms in total. The predicted molar refractivity (Wildman–Crippen MR) is 90.2 cm³/mol. The Labute approximate surface area is 145 Å². The number of aryl methyl sites for hydroxylation is 1. The molecule has 1 fully saturated rings. The molecule has 1 aromatic carbocycles. The zero-order valence-electron chi connectivity index (χ0n) is 13.8. The van der Waals surface area contributed by atoms with Gasteiger partial charge < -0.3 is 4.90 Å². The van der Waals surface area contributed by atoms with Crippen molar-refractivity contribution in [3.8, 4) is 0 Å². The van der Waals surface area contributed by atoms with Crippen molar-refractivity contribution in [3.05, 3.63) is 65.0 Å². The van der Waals surface area contributed by atoms with Crippen molar-refractivity contribution in [2.75, 3.05) is 13.1 Å². The van der Waals surface area contributed by atoms with E-state index in [0.717, 1.165) is 5.56 Å². The van der Waals surface area contributed by atoms with E-state index >= 15 is 0 Å². The minimum absolute atomic E-state index is 0.0720. The summed E-state index contributed by atoms with van der Waals surface area (Å²) in [5.41, 5.74) is 2.26. The molecule has 0 N–H and O–H groups in total. The van der Waals surface area contributed by atoms with Crippen molar-refractivity contribution >= 4 is 17.7 Å². The molecule has 0 radical (unpaired) electrons. The Morgan fingerprint density at radius 3 is 2.60 bits per heavy atom. The Balaban J connectivity index is 1.52. The van der Waals surface area contributed by atoms with E-state index in [2.05, 4.69) is 4.98 Å². The third-order valence-corrected chi connectivity index (χ3v) is 4.79. The average Bonchev–Trinajstić information content (AvgIpc) is 3.19. The van der Waals surface area contributed by atoms with E-state index in [1.807, 2.05) is 19.1 Å². The fourth-order valence-electron chi connectivity index (χ4n) is 3.43. The molecule has 0 saturated carbocycles. The van der Waals surface area contributed by atoms with Gasteiger partial charge in [0.1, 0.15) is 5.69 Å². The maximum Gasteiger partial charge on any atom is 0.280 e. The van der Waals surface area contributed by atoms with Crippen LogP contribution in [-0.2, 0) is 0 Å². The number of hydrogen-bond donors (Lipinski definition) is 0. The number of imide groups is 1. The van der Waals surface area contributed by atoms with Crippen LogP contribution in [-0.4, -0.2) is 51.6 Å². The largest absolute Gasteiger partial charge is 0.336 e. The molecular weight excluding hydrogens is 318 g/mol. The Morgan fingerprint density at radius 1 is 1.12 bits per heavy atom. The predicted octanol–water partition coefficient (Wildman–Crippen LogP) is 1.90. The summed E-state index contributed by atoms with van der Waals surface area (Å²) in [6.07, 6.45) is 2.10. The molecule has 1 aromatic heterocycles. The van der Waals surface area contributed by atoms with E-state index in [4.69, 9.17) is 0 Å². The maximum absolute atomic E-state index is 12.6. The third kappa shape index (κ3) is 2.50. The summed E-state index contributed by atoms with van der Waals surface area (Å²) < 4.78 is 0. The Hall–Kier alpha value is -3.02. The average molecular weight is 335 g/mol. The molecule has 1 unspecified atom stereocenters. The first-order valence-electron chi connectivity index (χ1n) is 8.25. The Bertz CT molecular complexity index is 841. The number of nitrogens with zero attached hydrogens (tertiary/aromatic N) is 3. The minimum Gasteiger partial charge on any atom is -0.336 e. The van der Waals surface area contributed by atoms with Crippen molar-refractivity contribution in [2.45, 2.75) is 19.4 Å². The van der Waals surface area contributed by atoms with Gasteiger partial charge in [0.2, 0.25) is 0 Å². The molecule has 0 spiro atoms. The van der Waals surface area contributed by atoms with Crippen LogP contribution in [0.3, 0.4) is 0 Å². The molecular formula is C19H17N3O3. The van der Waals surface area contributed by atoms with Gasteiger partial charge >= 0.3 is 0 Å². The maximum atomic E-state index is 12.6. The second-order valence-corrected chi connectivity index (χ2v) is 6.44. The van der Waals surface area contributed by atoms with Gasteiger partial charge in [-0.15, -0.1) is 0 Å². The van der Waals surface area contributed by atoms with Crippen LogP contribution in [0.2, 0.25) is 0 Å². The van der Waals surface area contributed by atoms with Crippen LogP contribution in [0.1, 0.15) is 43.2 Å². The number of fused-ring (bicyclic) bond motifs is 1. The lowest BCUT2D eigenvalue weighted by atomic mass is 10.1. The van der Waals surface area contributed by atoms with E-state index in [1.54, 1.807) is 29.2 Å². The SMILES string of the molecule is Cc1ccc(C(=O)N2CCC(N3C(=O)c4cccnc4C3=O)C2)cc1. The number of carbonyl (C=O) groups excluding carboxylic acids is 3. The number of aromatic nitrogens is 1. The Kier molecular flexibility index (Phi) is 3.60. The quantitative estimate of drug-likeness (QED) is 0.786. The molecule has 4 rings (SSSR count). The highest BCUT2D eigenvalue weighted by Crippen LogP contribution is 2.27. The number of benzene rings is 1. The highest BCUT2D eigenvalue weighted by atomic mass is 16.2. The normalized spacial score (nSPS) is 19.5. The van der Waals surface area contributed by atoms with Gasteiger partial charge in [-0.05, 0) is 37.6 Å². The Morgan fingerprint density at radius 2 is 1.88 bits per heavy atom. The van der Waals surface area contributed by atoms with Gasteiger partial charge in [-0.1, -0.05) is 17.7 Å². The van der Waals surface area contributed by atoms with Crippen molar-refractivity contribution in [1.29, 1.82) is 0 Å². The van der Waals surface area contributed by atoms with Crippen molar-refractivity contribution in [3.63, 3.8) is 0 Å². The molecule has 2 aliphatic heterocycles. The summed E-state index contributed by atoms with van der Waals surface area (Å²) >= 11 is 0. The lowest BCUT2D eigenvalue weighted by Crippen LogP contribution is -2.42. The number of rotatable bonds is 2. The first kappa shape index (κ1) is 15.5. The molecule has 2 aliphatic rings. The lowest BCUT2D eigenvalue weighted by molar-refractivity contribution is 0.0573. The number of amides is 3. The second kappa shape index (κ2) is 5.81. The highest BCUT2D eigenvalue weighted by molar-refractivity contribution is 6.20. The fourth-order valence-corrected chi connectivity index (χ4v) is 3.43. The summed E-state index contributed by atoms with van der Waals surface area (Å²) in [6.45, 7) is 2.85. The number of likely N-dealkylation sites (tertiary alicyclic amines) is 1. The summed E-state index contributed by atoms with van der Waals surface area (Å²) in [4.78, 5) is 44.7. The van der Waals surface area contributed by atoms with Crippen LogP contribution in [0.15, 0.2) is 42.6 Å². The van der Waals surface area contributed by atoms with E-state index < -0.39 is 0 Å². The summed E-state index contributed by atoms with van der Waals surface area (Å²) in [6, 6.07) is 10.4. The van der Waals surface area contributed by atoms with E-state index in [9.17, 15) is 14.4 Å². The topological polar surface area (TPSA) is 70.6 Å². The molecule has 1 saturated heterocycles. The molecule has 3 amide bonds. The van der Waals surface area contributed by atoms with E-state index in [1.165, 1.54) is 11.1 Å². The monoisotopic (exact) mass is 335 g/mol. The van der Waals surface area contributed by atoms with Crippen LogP contribution >= 0.6 is 0 Å². The molecule has 6 heteroatoms. The fraction of sp³-hybridized carbons (Fsp3) is 0.263. The molecule has 126 valence electrons. The van der Waals surface area contributed by atoms with Crippen LogP contribution < -0.4 is 0 Å². The molecule has 0 aliphatic carbocycles. The van der Waals surface area contributed by atoms with E-state index in [-0.39, 0.29) is 29.5 Å². The minimum atomic E-state index is -0.366. The first-order chi connectivity index (χ1) is 12.1. The lowest BCUT2D eigenvalue weighted by Gasteiger charge is -2.22. The third-order valence-electron chi connectivity index (χ3n) is 4.79. The molecule has 0 bridgehead atoms. The van der Waals surface area contributed by atoms with Crippen LogP contribution in [0, 0.1) is 6.92 Å². The zero-order chi connectivity index (χ0) is 17.6. The van der Waals surface area contributed by atoms with Gasteiger partial charge in [-0.2, -0.15) is 0 Å². The van der Waals surface area contributed by atoms with Gasteiger partial charge in [0.25, 0.3) is 17.7 Å². The summed E-state index contributed by atoms with van der Waals surface area (Å²) in [5, 5.41) is 0. The van der Waals surface area contributed by atoms with Crippen LogP contribution in [0.5, 0.6) is 0 Å². The van der Waals surface area contributed by atoms with Gasteiger partial charge in [-0.25, -0.2) is 0 Å². The molecule has 2 aromatic rings. The number of pyridine rings is 1. The smallest absolute Gasteiger partial charge is 0.280 e. The molecule has 1 atom stereocenters. The van der Waals surface area contributed by atoms with Crippen molar-refractivity contribution < 1.29 is 14.4 Å². The number of hydrogen-bond acceptors (Lipinski definition) is 4. The molecule has 3 heterocycles. The summed E-state index contributed by atoms with van der Waals surface area (Å²) in [7, 11) is 0. The van der Waals surface area contributed by atoms with Gasteiger partial charge in [0, 0.05) is 24.8 Å². The molecule has 25 heavy (non-hydrogen) atoms. The zero-order valence-corrected chi connectivity index (χ0v) is 13.8. The van der Waals surface area contributed by atoms with Crippen molar-refractivity contribution in [1.82, 2.24) is 14.8 Å². The van der Waals surface area contributed by atoms with Gasteiger partial charge in [0.15, 0.2) is 0 Å². The van der Waals surface area contributed by atoms with Gasteiger partial charge in [0.05, 0.1) is 11.6 Å². The van der Waals surface area contributed by atoms with E-state index in [0.29, 0.717) is 30.6 Å². The highest BCUT2D eigenvalue weighted by Gasteiger charge is 2.43. The number of carbonyl (C=O) groups is 3. The summed E-state index contributed by atoms with van der Waals surface area (Å²) in [5.74, 6) is -0.754. The first-order valence-corrected chi connectivity index (χ1v) is 8.25.